The summed E-state index contributed by atoms with van der Waals surface area (Å²) in [5, 5.41) is 14.8. The van der Waals surface area contributed by atoms with Crippen molar-refractivity contribution in [2.45, 2.75) is 57.9 Å². The maximum atomic E-state index is 11.7. The van der Waals surface area contributed by atoms with E-state index >= 15 is 0 Å². The second-order valence-electron chi connectivity index (χ2n) is 5.35. The highest BCUT2D eigenvalue weighted by Gasteiger charge is 2.23. The Morgan fingerprint density at radius 1 is 1.47 bits per heavy atom. The molecule has 0 spiro atoms. The highest BCUT2D eigenvalue weighted by atomic mass is 16.3. The van der Waals surface area contributed by atoms with Gasteiger partial charge in [-0.25, -0.2) is 4.79 Å². The van der Waals surface area contributed by atoms with Crippen LogP contribution in [0.4, 0.5) is 4.79 Å². The largest absolute Gasteiger partial charge is 0.396 e. The van der Waals surface area contributed by atoms with Gasteiger partial charge in [-0.15, -0.1) is 0 Å². The topological polar surface area (TPSA) is 61.4 Å². The van der Waals surface area contributed by atoms with E-state index in [1.165, 1.54) is 19.3 Å². The number of carbonyl (C=O) groups excluding carboxylic acids is 1. The van der Waals surface area contributed by atoms with Gasteiger partial charge >= 0.3 is 6.03 Å². The fourth-order valence-corrected chi connectivity index (χ4v) is 2.06. The first-order valence-corrected chi connectivity index (χ1v) is 6.76. The van der Waals surface area contributed by atoms with Crippen LogP contribution in [0.3, 0.4) is 0 Å². The Hall–Kier alpha value is -0.770. The van der Waals surface area contributed by atoms with Crippen molar-refractivity contribution in [1.29, 1.82) is 0 Å². The Labute approximate surface area is 104 Å². The molecule has 0 aliphatic heterocycles. The molecule has 1 saturated carbocycles. The molecule has 17 heavy (non-hydrogen) atoms. The first-order chi connectivity index (χ1) is 8.09. The van der Waals surface area contributed by atoms with Gasteiger partial charge in [0, 0.05) is 18.7 Å². The van der Waals surface area contributed by atoms with Gasteiger partial charge in [-0.2, -0.15) is 0 Å². The van der Waals surface area contributed by atoms with Gasteiger partial charge in [0.2, 0.25) is 0 Å². The monoisotopic (exact) mass is 242 g/mol. The van der Waals surface area contributed by atoms with Crippen LogP contribution >= 0.6 is 0 Å². The van der Waals surface area contributed by atoms with Crippen molar-refractivity contribution in [2.24, 2.45) is 5.92 Å². The minimum absolute atomic E-state index is 0.104. The summed E-state index contributed by atoms with van der Waals surface area (Å²) in [6.07, 6.45) is 6.50. The number of aliphatic hydroxyl groups excluding tert-OH is 1. The van der Waals surface area contributed by atoms with Crippen molar-refractivity contribution < 1.29 is 9.90 Å². The van der Waals surface area contributed by atoms with E-state index in [4.69, 9.17) is 5.11 Å². The Morgan fingerprint density at radius 3 is 2.65 bits per heavy atom. The second kappa shape index (κ2) is 6.84. The fourth-order valence-electron chi connectivity index (χ4n) is 2.06. The van der Waals surface area contributed by atoms with Crippen LogP contribution in [-0.2, 0) is 0 Å². The van der Waals surface area contributed by atoms with Gasteiger partial charge in [0.1, 0.15) is 0 Å². The smallest absolute Gasteiger partial charge is 0.315 e. The van der Waals surface area contributed by atoms with Crippen LogP contribution in [0.25, 0.3) is 0 Å². The molecule has 1 atom stereocenters. The highest BCUT2D eigenvalue weighted by Crippen LogP contribution is 2.28. The van der Waals surface area contributed by atoms with Crippen LogP contribution in [0.2, 0.25) is 0 Å². The Balaban J connectivity index is 2.17. The molecule has 1 aliphatic carbocycles. The minimum atomic E-state index is -0.296. The third kappa shape index (κ3) is 4.94. The van der Waals surface area contributed by atoms with Gasteiger partial charge in [-0.3, -0.25) is 0 Å². The van der Waals surface area contributed by atoms with Crippen molar-refractivity contribution >= 4 is 6.03 Å². The van der Waals surface area contributed by atoms with Gasteiger partial charge in [-0.05, 0) is 32.1 Å². The number of hydrogen-bond donors (Lipinski definition) is 3. The van der Waals surface area contributed by atoms with E-state index in [0.717, 1.165) is 25.3 Å². The molecule has 1 rings (SSSR count). The standard InChI is InChI=1S/C13H26N2O2/c1-3-13(2,8-10-16)15-12(17)14-9-7-11-5-4-6-11/h11,16H,3-10H2,1-2H3,(H2,14,15,17). The van der Waals surface area contributed by atoms with E-state index < -0.39 is 0 Å². The molecule has 1 unspecified atom stereocenters. The quantitative estimate of drug-likeness (QED) is 0.639. The molecule has 3 N–H and O–H groups in total. The molecule has 0 aromatic heterocycles. The summed E-state index contributed by atoms with van der Waals surface area (Å²) >= 11 is 0. The molecule has 0 bridgehead atoms. The lowest BCUT2D eigenvalue weighted by molar-refractivity contribution is 0.199. The number of rotatable bonds is 7. The van der Waals surface area contributed by atoms with Crippen LogP contribution in [0, 0.1) is 5.92 Å². The number of aliphatic hydroxyl groups is 1. The summed E-state index contributed by atoms with van der Waals surface area (Å²) in [6, 6.07) is -0.109. The average molecular weight is 242 g/mol. The SMILES string of the molecule is CCC(C)(CCO)NC(=O)NCCC1CCC1. The van der Waals surface area contributed by atoms with Gasteiger partial charge in [0.25, 0.3) is 0 Å². The molecule has 4 heteroatoms. The molecule has 1 aliphatic rings. The number of carbonyl (C=O) groups is 1. The fraction of sp³-hybridized carbons (Fsp3) is 0.923. The lowest BCUT2D eigenvalue weighted by atomic mass is 9.83. The van der Waals surface area contributed by atoms with E-state index in [1.807, 2.05) is 13.8 Å². The van der Waals surface area contributed by atoms with Crippen LogP contribution in [-0.4, -0.2) is 29.8 Å². The Kier molecular flexibility index (Phi) is 5.75. The normalized spacial score (nSPS) is 19.2. The van der Waals surface area contributed by atoms with E-state index in [9.17, 15) is 4.79 Å². The highest BCUT2D eigenvalue weighted by molar-refractivity contribution is 5.74. The second-order valence-corrected chi connectivity index (χ2v) is 5.35. The summed E-state index contributed by atoms with van der Waals surface area (Å²) in [5.74, 6) is 0.824. The van der Waals surface area contributed by atoms with Crippen molar-refractivity contribution in [3.8, 4) is 0 Å². The van der Waals surface area contributed by atoms with Gasteiger partial charge in [0.05, 0.1) is 0 Å². The molecule has 0 radical (unpaired) electrons. The van der Waals surface area contributed by atoms with E-state index in [-0.39, 0.29) is 18.2 Å². The summed E-state index contributed by atoms with van der Waals surface area (Å²) < 4.78 is 0. The summed E-state index contributed by atoms with van der Waals surface area (Å²) in [7, 11) is 0. The molecule has 0 aromatic carbocycles. The summed E-state index contributed by atoms with van der Waals surface area (Å²) in [6.45, 7) is 4.85. The lowest BCUT2D eigenvalue weighted by Crippen LogP contribution is -2.50. The van der Waals surface area contributed by atoms with E-state index in [1.54, 1.807) is 0 Å². The predicted octanol–water partition coefficient (Wildman–Crippen LogP) is 2.03. The average Bonchev–Trinajstić information content (AvgIpc) is 2.22. The van der Waals surface area contributed by atoms with Crippen LogP contribution in [0.1, 0.15) is 52.4 Å². The number of hydrogen-bond acceptors (Lipinski definition) is 2. The van der Waals surface area contributed by atoms with Crippen molar-refractivity contribution in [2.75, 3.05) is 13.2 Å². The van der Waals surface area contributed by atoms with Crippen molar-refractivity contribution in [3.63, 3.8) is 0 Å². The minimum Gasteiger partial charge on any atom is -0.396 e. The van der Waals surface area contributed by atoms with E-state index in [0.29, 0.717) is 6.42 Å². The molecule has 0 heterocycles. The molecule has 0 saturated heterocycles. The maximum Gasteiger partial charge on any atom is 0.315 e. The van der Waals surface area contributed by atoms with E-state index in [2.05, 4.69) is 10.6 Å². The lowest BCUT2D eigenvalue weighted by Gasteiger charge is -2.29. The van der Waals surface area contributed by atoms with Gasteiger partial charge in [-0.1, -0.05) is 26.2 Å². The number of urea groups is 1. The Morgan fingerprint density at radius 2 is 2.18 bits per heavy atom. The third-order valence-electron chi connectivity index (χ3n) is 3.92. The molecule has 100 valence electrons. The van der Waals surface area contributed by atoms with Crippen LogP contribution in [0.15, 0.2) is 0 Å². The zero-order valence-corrected chi connectivity index (χ0v) is 11.1. The summed E-state index contributed by atoms with van der Waals surface area (Å²) in [4.78, 5) is 11.7. The zero-order chi connectivity index (χ0) is 12.7. The molecular weight excluding hydrogens is 216 g/mol. The molecule has 2 amide bonds. The maximum absolute atomic E-state index is 11.7. The molecular formula is C13H26N2O2. The number of nitrogens with one attached hydrogen (secondary N) is 2. The molecule has 1 fully saturated rings. The molecule has 0 aromatic rings. The first kappa shape index (κ1) is 14.3. The third-order valence-corrected chi connectivity index (χ3v) is 3.92. The number of amides is 2. The zero-order valence-electron chi connectivity index (χ0n) is 11.1. The van der Waals surface area contributed by atoms with Crippen molar-refractivity contribution in [3.05, 3.63) is 0 Å². The Bertz CT molecular complexity index is 242. The van der Waals surface area contributed by atoms with Crippen LogP contribution in [0.5, 0.6) is 0 Å². The summed E-state index contributed by atoms with van der Waals surface area (Å²) in [5.41, 5.74) is -0.296. The predicted molar refractivity (Wildman–Crippen MR) is 68.9 cm³/mol. The van der Waals surface area contributed by atoms with Crippen molar-refractivity contribution in [1.82, 2.24) is 10.6 Å². The molecule has 4 nitrogen and oxygen atoms in total. The van der Waals surface area contributed by atoms with Crippen LogP contribution < -0.4 is 10.6 Å². The van der Waals surface area contributed by atoms with Gasteiger partial charge in [0.15, 0.2) is 0 Å². The van der Waals surface area contributed by atoms with Gasteiger partial charge < -0.3 is 15.7 Å². The first-order valence-electron chi connectivity index (χ1n) is 6.76.